The Morgan fingerprint density at radius 3 is 2.82 bits per heavy atom. The molecule has 1 fully saturated rings. The summed E-state index contributed by atoms with van der Waals surface area (Å²) in [6.07, 6.45) is 7.42. The Morgan fingerprint density at radius 1 is 1.18 bits per heavy atom. The Labute approximate surface area is 205 Å². The van der Waals surface area contributed by atoms with Crippen molar-refractivity contribution in [2.75, 3.05) is 39.1 Å². The SMILES string of the molecule is COc1ccc2nccc(C(F)CC[C@@H]3CCN(CCCSc4ncccn4)C[C@@H]3CO)c2c1. The minimum Gasteiger partial charge on any atom is -0.497 e. The molecule has 1 aliphatic rings. The van der Waals surface area contributed by atoms with Crippen LogP contribution in [0.3, 0.4) is 0 Å². The molecule has 0 saturated carbocycles. The van der Waals surface area contributed by atoms with Crippen LogP contribution in [-0.2, 0) is 0 Å². The number of piperidine rings is 1. The van der Waals surface area contributed by atoms with Crippen molar-refractivity contribution in [3.8, 4) is 5.75 Å². The fourth-order valence-corrected chi connectivity index (χ4v) is 5.55. The number of thioether (sulfide) groups is 1. The van der Waals surface area contributed by atoms with Crippen LogP contribution in [0.2, 0.25) is 0 Å². The predicted octanol–water partition coefficient (Wildman–Crippen LogP) is 4.94. The molecule has 1 aliphatic heterocycles. The van der Waals surface area contributed by atoms with Crippen molar-refractivity contribution >= 4 is 22.7 Å². The average Bonchev–Trinajstić information content (AvgIpc) is 2.89. The van der Waals surface area contributed by atoms with Crippen molar-refractivity contribution in [2.45, 2.75) is 37.0 Å². The summed E-state index contributed by atoms with van der Waals surface area (Å²) in [5.74, 6) is 2.22. The monoisotopic (exact) mass is 484 g/mol. The van der Waals surface area contributed by atoms with Gasteiger partial charge in [0.2, 0.25) is 0 Å². The molecule has 1 unspecified atom stereocenters. The Bertz CT molecular complexity index is 1040. The average molecular weight is 485 g/mol. The largest absolute Gasteiger partial charge is 0.497 e. The molecular weight excluding hydrogens is 451 g/mol. The Hall–Kier alpha value is -2.29. The number of aliphatic hydroxyl groups is 1. The first-order chi connectivity index (χ1) is 16.7. The molecule has 182 valence electrons. The summed E-state index contributed by atoms with van der Waals surface area (Å²) in [5.41, 5.74) is 1.45. The maximum atomic E-state index is 15.4. The topological polar surface area (TPSA) is 71.4 Å². The number of rotatable bonds is 11. The van der Waals surface area contributed by atoms with Crippen LogP contribution in [0.15, 0.2) is 54.1 Å². The highest BCUT2D eigenvalue weighted by Gasteiger charge is 2.29. The maximum Gasteiger partial charge on any atom is 0.187 e. The minimum atomic E-state index is -1.06. The lowest BCUT2D eigenvalue weighted by Crippen LogP contribution is -2.42. The van der Waals surface area contributed by atoms with E-state index in [1.165, 1.54) is 0 Å². The Balaban J connectivity index is 1.26. The van der Waals surface area contributed by atoms with Crippen molar-refractivity contribution < 1.29 is 14.2 Å². The molecule has 0 bridgehead atoms. The van der Waals surface area contributed by atoms with Crippen LogP contribution in [0.1, 0.15) is 37.4 Å². The van der Waals surface area contributed by atoms with Crippen LogP contribution >= 0.6 is 11.8 Å². The number of methoxy groups -OCH3 is 1. The number of alkyl halides is 1. The van der Waals surface area contributed by atoms with E-state index in [2.05, 4.69) is 19.9 Å². The van der Waals surface area contributed by atoms with Crippen LogP contribution in [0.25, 0.3) is 10.9 Å². The molecule has 3 aromatic rings. The first-order valence-electron chi connectivity index (χ1n) is 12.0. The molecule has 4 rings (SSSR count). The molecule has 0 aliphatic carbocycles. The first-order valence-corrected chi connectivity index (χ1v) is 13.0. The van der Waals surface area contributed by atoms with Gasteiger partial charge in [0.05, 0.1) is 12.6 Å². The Kier molecular flexibility index (Phi) is 9.07. The van der Waals surface area contributed by atoms with Gasteiger partial charge in [-0.3, -0.25) is 4.98 Å². The summed E-state index contributed by atoms with van der Waals surface area (Å²) >= 11 is 1.68. The highest BCUT2D eigenvalue weighted by molar-refractivity contribution is 7.99. The molecule has 0 spiro atoms. The zero-order valence-corrected chi connectivity index (χ0v) is 20.5. The lowest BCUT2D eigenvalue weighted by Gasteiger charge is -2.38. The zero-order valence-electron chi connectivity index (χ0n) is 19.6. The number of benzene rings is 1. The van der Waals surface area contributed by atoms with Gasteiger partial charge in [-0.25, -0.2) is 14.4 Å². The highest BCUT2D eigenvalue weighted by atomic mass is 32.2. The molecule has 1 N–H and O–H groups in total. The van der Waals surface area contributed by atoms with E-state index < -0.39 is 6.17 Å². The highest BCUT2D eigenvalue weighted by Crippen LogP contribution is 2.35. The van der Waals surface area contributed by atoms with E-state index in [-0.39, 0.29) is 12.5 Å². The van der Waals surface area contributed by atoms with Crippen molar-refractivity contribution in [3.63, 3.8) is 0 Å². The number of fused-ring (bicyclic) bond motifs is 1. The third-order valence-electron chi connectivity index (χ3n) is 6.71. The standard InChI is InChI=1S/C26H33FN4O2S/c1-33-21-5-7-25-23(16-21)22(8-12-28-25)24(27)6-4-19-9-14-31(17-20(19)18-32)13-3-15-34-26-29-10-2-11-30-26/h2,5,7-8,10-12,16,19-20,24,32H,3-4,6,9,13-15,17-18H2,1H3/t19-,20-,24?/m1/s1. The minimum absolute atomic E-state index is 0.153. The molecule has 0 radical (unpaired) electrons. The molecule has 6 nitrogen and oxygen atoms in total. The number of hydrogen-bond donors (Lipinski definition) is 1. The summed E-state index contributed by atoms with van der Waals surface area (Å²) in [4.78, 5) is 15.3. The molecule has 3 atom stereocenters. The van der Waals surface area contributed by atoms with Gasteiger partial charge in [0.25, 0.3) is 0 Å². The molecule has 1 saturated heterocycles. The quantitative estimate of drug-likeness (QED) is 0.235. The van der Waals surface area contributed by atoms with Gasteiger partial charge in [-0.2, -0.15) is 0 Å². The number of halogens is 1. The molecule has 8 heteroatoms. The van der Waals surface area contributed by atoms with Gasteiger partial charge in [0, 0.05) is 42.9 Å². The smallest absolute Gasteiger partial charge is 0.187 e. The fraction of sp³-hybridized carbons (Fsp3) is 0.500. The van der Waals surface area contributed by atoms with Gasteiger partial charge in [-0.05, 0) is 86.5 Å². The Morgan fingerprint density at radius 2 is 2.03 bits per heavy atom. The predicted molar refractivity (Wildman–Crippen MR) is 134 cm³/mol. The van der Waals surface area contributed by atoms with Crippen molar-refractivity contribution in [3.05, 3.63) is 54.5 Å². The van der Waals surface area contributed by atoms with Gasteiger partial charge in [0.1, 0.15) is 11.9 Å². The summed E-state index contributed by atoms with van der Waals surface area (Å²) < 4.78 is 20.7. The molecule has 1 aromatic carbocycles. The van der Waals surface area contributed by atoms with Crippen LogP contribution in [-0.4, -0.2) is 64.1 Å². The van der Waals surface area contributed by atoms with Gasteiger partial charge in [-0.1, -0.05) is 11.8 Å². The molecule has 3 heterocycles. The van der Waals surface area contributed by atoms with Crippen LogP contribution in [0, 0.1) is 11.8 Å². The number of aromatic nitrogens is 3. The zero-order chi connectivity index (χ0) is 23.8. The molecular formula is C26H33FN4O2S. The van der Waals surface area contributed by atoms with Gasteiger partial charge in [0.15, 0.2) is 5.16 Å². The molecule has 2 aromatic heterocycles. The van der Waals surface area contributed by atoms with E-state index in [9.17, 15) is 5.11 Å². The van der Waals surface area contributed by atoms with E-state index in [4.69, 9.17) is 4.74 Å². The summed E-state index contributed by atoms with van der Waals surface area (Å²) in [6, 6.07) is 9.18. The van der Waals surface area contributed by atoms with E-state index in [0.29, 0.717) is 23.7 Å². The normalized spacial score (nSPS) is 19.9. The van der Waals surface area contributed by atoms with E-state index in [1.54, 1.807) is 43.5 Å². The first kappa shape index (κ1) is 24.8. The second-order valence-corrected chi connectivity index (χ2v) is 9.92. The lowest BCUT2D eigenvalue weighted by atomic mass is 9.81. The lowest BCUT2D eigenvalue weighted by molar-refractivity contribution is 0.0640. The fourth-order valence-electron chi connectivity index (χ4n) is 4.82. The van der Waals surface area contributed by atoms with Crippen LogP contribution in [0.4, 0.5) is 4.39 Å². The van der Waals surface area contributed by atoms with E-state index in [0.717, 1.165) is 60.7 Å². The van der Waals surface area contributed by atoms with Crippen molar-refractivity contribution in [2.24, 2.45) is 11.8 Å². The van der Waals surface area contributed by atoms with E-state index >= 15 is 4.39 Å². The second kappa shape index (κ2) is 12.4. The van der Waals surface area contributed by atoms with Gasteiger partial charge < -0.3 is 14.7 Å². The number of hydrogen-bond acceptors (Lipinski definition) is 7. The number of nitrogens with zero attached hydrogens (tertiary/aromatic N) is 4. The van der Waals surface area contributed by atoms with Crippen molar-refractivity contribution in [1.29, 1.82) is 0 Å². The second-order valence-electron chi connectivity index (χ2n) is 8.85. The third-order valence-corrected chi connectivity index (χ3v) is 7.67. The molecule has 0 amide bonds. The summed E-state index contributed by atoms with van der Waals surface area (Å²) in [7, 11) is 1.61. The maximum absolute atomic E-state index is 15.4. The van der Waals surface area contributed by atoms with Crippen LogP contribution in [0.5, 0.6) is 5.75 Å². The molecule has 34 heavy (non-hydrogen) atoms. The van der Waals surface area contributed by atoms with Gasteiger partial charge >= 0.3 is 0 Å². The van der Waals surface area contributed by atoms with Crippen molar-refractivity contribution in [1.82, 2.24) is 19.9 Å². The van der Waals surface area contributed by atoms with Gasteiger partial charge in [-0.15, -0.1) is 0 Å². The number of pyridine rings is 1. The third kappa shape index (κ3) is 6.43. The summed E-state index contributed by atoms with van der Waals surface area (Å²) in [5, 5.41) is 11.6. The summed E-state index contributed by atoms with van der Waals surface area (Å²) in [6.45, 7) is 3.03. The van der Waals surface area contributed by atoms with E-state index in [1.807, 2.05) is 24.3 Å². The number of likely N-dealkylation sites (tertiary alicyclic amines) is 1. The van der Waals surface area contributed by atoms with Crippen LogP contribution < -0.4 is 4.74 Å². The number of aliphatic hydroxyl groups excluding tert-OH is 1. The number of ether oxygens (including phenoxy) is 1.